The molecule has 2 heteroatoms. The molecule has 1 heterocycles. The van der Waals surface area contributed by atoms with Crippen LogP contribution in [0.5, 0.6) is 0 Å². The van der Waals surface area contributed by atoms with E-state index < -0.39 is 0 Å². The van der Waals surface area contributed by atoms with Crippen molar-refractivity contribution in [2.24, 2.45) is 5.73 Å². The molecule has 96 valence electrons. The number of benzene rings is 1. The number of hydrogen-bond acceptors (Lipinski definition) is 2. The Kier molecular flexibility index (Phi) is 3.97. The molecular weight excluding hydrogens is 220 g/mol. The monoisotopic (exact) mass is 242 g/mol. The number of pyridine rings is 1. The van der Waals surface area contributed by atoms with Crippen LogP contribution < -0.4 is 5.73 Å². The highest BCUT2D eigenvalue weighted by molar-refractivity contribution is 5.85. The normalized spacial score (nSPS) is 11.4. The zero-order valence-corrected chi connectivity index (χ0v) is 11.5. The van der Waals surface area contributed by atoms with Crippen molar-refractivity contribution in [2.45, 2.75) is 39.5 Å². The summed E-state index contributed by atoms with van der Waals surface area (Å²) < 4.78 is 0. The summed E-state index contributed by atoms with van der Waals surface area (Å²) in [4.78, 5) is 4.84. The van der Waals surface area contributed by atoms with Crippen LogP contribution in [0.3, 0.4) is 0 Å². The molecule has 0 aliphatic rings. The summed E-state index contributed by atoms with van der Waals surface area (Å²) >= 11 is 0. The van der Waals surface area contributed by atoms with Crippen molar-refractivity contribution in [3.8, 4) is 0 Å². The van der Waals surface area contributed by atoms with Crippen LogP contribution in [0.25, 0.3) is 10.9 Å². The molecule has 2 aromatic rings. The molecule has 2 N–H and O–H groups in total. The van der Waals surface area contributed by atoms with Crippen LogP contribution in [0.2, 0.25) is 0 Å². The van der Waals surface area contributed by atoms with Gasteiger partial charge in [-0.15, -0.1) is 0 Å². The van der Waals surface area contributed by atoms with Crippen molar-refractivity contribution in [2.75, 3.05) is 6.54 Å². The van der Waals surface area contributed by atoms with Crippen LogP contribution in [0, 0.1) is 6.92 Å². The smallest absolute Gasteiger partial charge is 0.0742 e. The predicted octanol–water partition coefficient (Wildman–Crippen LogP) is 3.56. The molecule has 2 rings (SSSR count). The lowest BCUT2D eigenvalue weighted by Gasteiger charge is -2.12. The largest absolute Gasteiger partial charge is 0.330 e. The third-order valence-electron chi connectivity index (χ3n) is 3.39. The zero-order chi connectivity index (χ0) is 13.1. The van der Waals surface area contributed by atoms with E-state index in [1.165, 1.54) is 27.7 Å². The maximum atomic E-state index is 5.58. The fraction of sp³-hybridized carbons (Fsp3) is 0.438. The SMILES string of the molecule is Cc1cc(CCCN)nc2c(C(C)C)cccc12. The van der Waals surface area contributed by atoms with E-state index >= 15 is 0 Å². The van der Waals surface area contributed by atoms with Gasteiger partial charge in [-0.25, -0.2) is 0 Å². The van der Waals surface area contributed by atoms with Crippen molar-refractivity contribution >= 4 is 10.9 Å². The van der Waals surface area contributed by atoms with Crippen LogP contribution >= 0.6 is 0 Å². The third-order valence-corrected chi connectivity index (χ3v) is 3.39. The number of aromatic nitrogens is 1. The lowest BCUT2D eigenvalue weighted by molar-refractivity contribution is 0.810. The first-order valence-corrected chi connectivity index (χ1v) is 6.72. The van der Waals surface area contributed by atoms with Gasteiger partial charge in [0.25, 0.3) is 0 Å². The molecule has 1 aromatic heterocycles. The second-order valence-corrected chi connectivity index (χ2v) is 5.22. The molecule has 0 fully saturated rings. The molecule has 0 saturated heterocycles. The molecule has 0 atom stereocenters. The molecular formula is C16H22N2. The Balaban J connectivity index is 2.57. The number of fused-ring (bicyclic) bond motifs is 1. The molecule has 1 aromatic carbocycles. The van der Waals surface area contributed by atoms with Crippen LogP contribution in [0.1, 0.15) is 43.0 Å². The first-order valence-electron chi connectivity index (χ1n) is 6.72. The average Bonchev–Trinajstić information content (AvgIpc) is 2.35. The van der Waals surface area contributed by atoms with Gasteiger partial charge in [-0.3, -0.25) is 4.98 Å². The summed E-state index contributed by atoms with van der Waals surface area (Å²) in [5.41, 5.74) is 10.6. The highest BCUT2D eigenvalue weighted by Gasteiger charge is 2.09. The second-order valence-electron chi connectivity index (χ2n) is 5.22. The maximum absolute atomic E-state index is 5.58. The van der Waals surface area contributed by atoms with Crippen molar-refractivity contribution in [3.05, 3.63) is 41.1 Å². The van der Waals surface area contributed by atoms with Gasteiger partial charge in [0.2, 0.25) is 0 Å². The minimum Gasteiger partial charge on any atom is -0.330 e. The third kappa shape index (κ3) is 2.54. The standard InChI is InChI=1S/C16H22N2/c1-11(2)14-7-4-8-15-12(3)10-13(6-5-9-17)18-16(14)15/h4,7-8,10-11H,5-6,9,17H2,1-3H3. The highest BCUT2D eigenvalue weighted by atomic mass is 14.7. The Morgan fingerprint density at radius 1 is 1.28 bits per heavy atom. The highest BCUT2D eigenvalue weighted by Crippen LogP contribution is 2.26. The predicted molar refractivity (Wildman–Crippen MR) is 77.9 cm³/mol. The quantitative estimate of drug-likeness (QED) is 0.890. The molecule has 18 heavy (non-hydrogen) atoms. The van der Waals surface area contributed by atoms with Crippen LogP contribution in [0.15, 0.2) is 24.3 Å². The number of nitrogens with two attached hydrogens (primary N) is 1. The number of rotatable bonds is 4. The first kappa shape index (κ1) is 13.0. The summed E-state index contributed by atoms with van der Waals surface area (Å²) in [6.07, 6.45) is 1.97. The van der Waals surface area contributed by atoms with Gasteiger partial charge in [-0.2, -0.15) is 0 Å². The van der Waals surface area contributed by atoms with Gasteiger partial charge in [-0.05, 0) is 49.4 Å². The van der Waals surface area contributed by atoms with Crippen LogP contribution in [-0.2, 0) is 6.42 Å². The summed E-state index contributed by atoms with van der Waals surface area (Å²) in [5.74, 6) is 0.505. The van der Waals surface area contributed by atoms with E-state index in [9.17, 15) is 0 Å². The van der Waals surface area contributed by atoms with Gasteiger partial charge >= 0.3 is 0 Å². The minimum absolute atomic E-state index is 0.505. The summed E-state index contributed by atoms with van der Waals surface area (Å²) in [7, 11) is 0. The summed E-state index contributed by atoms with van der Waals surface area (Å²) in [5, 5.41) is 1.28. The molecule has 0 radical (unpaired) electrons. The van der Waals surface area contributed by atoms with Gasteiger partial charge in [-0.1, -0.05) is 32.0 Å². The molecule has 0 spiro atoms. The molecule has 0 unspecified atom stereocenters. The van der Waals surface area contributed by atoms with E-state index in [-0.39, 0.29) is 0 Å². The summed E-state index contributed by atoms with van der Waals surface area (Å²) in [6.45, 7) is 7.33. The van der Waals surface area contributed by atoms with E-state index in [1.807, 2.05) is 0 Å². The fourth-order valence-corrected chi connectivity index (χ4v) is 2.39. The van der Waals surface area contributed by atoms with E-state index in [1.54, 1.807) is 0 Å². The number of hydrogen-bond donors (Lipinski definition) is 1. The van der Waals surface area contributed by atoms with E-state index in [2.05, 4.69) is 45.0 Å². The Morgan fingerprint density at radius 2 is 2.06 bits per heavy atom. The zero-order valence-electron chi connectivity index (χ0n) is 11.5. The first-order chi connectivity index (χ1) is 8.63. The molecule has 0 aliphatic heterocycles. The van der Waals surface area contributed by atoms with Gasteiger partial charge in [0.15, 0.2) is 0 Å². The molecule has 0 saturated carbocycles. The Labute approximate surface area is 109 Å². The Bertz CT molecular complexity index is 544. The molecule has 2 nitrogen and oxygen atoms in total. The lowest BCUT2D eigenvalue weighted by Crippen LogP contribution is -2.03. The number of aryl methyl sites for hydroxylation is 2. The second kappa shape index (κ2) is 5.49. The Morgan fingerprint density at radius 3 is 2.72 bits per heavy atom. The van der Waals surface area contributed by atoms with Crippen LogP contribution in [-0.4, -0.2) is 11.5 Å². The van der Waals surface area contributed by atoms with Crippen LogP contribution in [0.4, 0.5) is 0 Å². The average molecular weight is 242 g/mol. The number of para-hydroxylation sites is 1. The number of nitrogens with zero attached hydrogens (tertiary/aromatic N) is 1. The van der Waals surface area contributed by atoms with E-state index in [0.29, 0.717) is 5.92 Å². The molecule has 0 aliphatic carbocycles. The van der Waals surface area contributed by atoms with Gasteiger partial charge < -0.3 is 5.73 Å². The maximum Gasteiger partial charge on any atom is 0.0742 e. The van der Waals surface area contributed by atoms with Crippen molar-refractivity contribution < 1.29 is 0 Å². The topological polar surface area (TPSA) is 38.9 Å². The fourth-order valence-electron chi connectivity index (χ4n) is 2.39. The van der Waals surface area contributed by atoms with E-state index in [0.717, 1.165) is 19.4 Å². The summed E-state index contributed by atoms with van der Waals surface area (Å²) in [6, 6.07) is 8.68. The minimum atomic E-state index is 0.505. The van der Waals surface area contributed by atoms with Crippen molar-refractivity contribution in [3.63, 3.8) is 0 Å². The molecule has 0 bridgehead atoms. The lowest BCUT2D eigenvalue weighted by atomic mass is 9.97. The Hall–Kier alpha value is -1.41. The van der Waals surface area contributed by atoms with Crippen molar-refractivity contribution in [1.82, 2.24) is 4.98 Å². The van der Waals surface area contributed by atoms with Gasteiger partial charge in [0.05, 0.1) is 5.52 Å². The van der Waals surface area contributed by atoms with Crippen molar-refractivity contribution in [1.29, 1.82) is 0 Å². The molecule has 0 amide bonds. The van der Waals surface area contributed by atoms with Gasteiger partial charge in [0.1, 0.15) is 0 Å². The van der Waals surface area contributed by atoms with E-state index in [4.69, 9.17) is 10.7 Å². The van der Waals surface area contributed by atoms with Gasteiger partial charge in [0, 0.05) is 11.1 Å².